The standard InChI is InChI=1S/C23H19Cl2N3OS/c24-16-6-5-9-19(22(16)25)26-12-14-27(15-13-26)23(29)28-17-7-1-3-10-20(17)30-21-11-4-2-8-18(21)28/h1-11H,12-15H2. The largest absolute Gasteiger partial charge is 0.367 e. The van der Waals surface area contributed by atoms with Crippen molar-refractivity contribution in [1.82, 2.24) is 4.90 Å². The van der Waals surface area contributed by atoms with E-state index < -0.39 is 0 Å². The Kier molecular flexibility index (Phi) is 5.27. The summed E-state index contributed by atoms with van der Waals surface area (Å²) >= 11 is 14.3. The number of carbonyl (C=O) groups is 1. The van der Waals surface area contributed by atoms with Crippen LogP contribution in [0.2, 0.25) is 10.0 Å². The van der Waals surface area contributed by atoms with Crippen molar-refractivity contribution in [2.75, 3.05) is 36.0 Å². The van der Waals surface area contributed by atoms with E-state index in [1.165, 1.54) is 0 Å². The van der Waals surface area contributed by atoms with Crippen LogP contribution in [-0.2, 0) is 0 Å². The Hall–Kier alpha value is -2.34. The van der Waals surface area contributed by atoms with E-state index in [4.69, 9.17) is 23.2 Å². The summed E-state index contributed by atoms with van der Waals surface area (Å²) in [5.41, 5.74) is 2.79. The number of carbonyl (C=O) groups excluding carboxylic acids is 1. The number of fused-ring (bicyclic) bond motifs is 2. The third-order valence-corrected chi connectivity index (χ3v) is 7.38. The van der Waals surface area contributed by atoms with E-state index in [1.807, 2.05) is 58.3 Å². The Morgan fingerprint density at radius 3 is 1.93 bits per heavy atom. The van der Waals surface area contributed by atoms with Crippen molar-refractivity contribution in [2.24, 2.45) is 0 Å². The van der Waals surface area contributed by atoms with Gasteiger partial charge in [0.1, 0.15) is 0 Å². The van der Waals surface area contributed by atoms with Crippen molar-refractivity contribution in [3.8, 4) is 0 Å². The molecule has 30 heavy (non-hydrogen) atoms. The van der Waals surface area contributed by atoms with Gasteiger partial charge in [-0.05, 0) is 36.4 Å². The third-order valence-electron chi connectivity index (χ3n) is 5.45. The normalized spacial score (nSPS) is 15.6. The molecule has 0 unspecified atom stereocenters. The van der Waals surface area contributed by atoms with Crippen molar-refractivity contribution >= 4 is 58.1 Å². The van der Waals surface area contributed by atoms with Crippen LogP contribution in [0, 0.1) is 0 Å². The van der Waals surface area contributed by atoms with Crippen LogP contribution < -0.4 is 9.80 Å². The number of para-hydroxylation sites is 2. The predicted molar refractivity (Wildman–Crippen MR) is 125 cm³/mol. The number of hydrogen-bond acceptors (Lipinski definition) is 3. The summed E-state index contributed by atoms with van der Waals surface area (Å²) in [6.07, 6.45) is 0. The summed E-state index contributed by atoms with van der Waals surface area (Å²) < 4.78 is 0. The van der Waals surface area contributed by atoms with Gasteiger partial charge in [-0.2, -0.15) is 0 Å². The third kappa shape index (κ3) is 3.41. The van der Waals surface area contributed by atoms with Gasteiger partial charge < -0.3 is 9.80 Å². The number of piperazine rings is 1. The smallest absolute Gasteiger partial charge is 0.329 e. The highest BCUT2D eigenvalue weighted by molar-refractivity contribution is 7.99. The molecule has 2 heterocycles. The maximum Gasteiger partial charge on any atom is 0.329 e. The molecule has 7 heteroatoms. The summed E-state index contributed by atoms with van der Waals surface area (Å²) in [4.78, 5) is 21.8. The van der Waals surface area contributed by atoms with Crippen LogP contribution in [0.4, 0.5) is 21.9 Å². The molecule has 0 spiro atoms. The molecule has 3 aromatic rings. The second kappa shape index (κ2) is 8.06. The zero-order valence-electron chi connectivity index (χ0n) is 16.1. The molecule has 0 aliphatic carbocycles. The zero-order chi connectivity index (χ0) is 20.7. The molecule has 1 fully saturated rings. The Balaban J connectivity index is 1.40. The molecule has 3 aromatic carbocycles. The summed E-state index contributed by atoms with van der Waals surface area (Å²) in [7, 11) is 0. The lowest BCUT2D eigenvalue weighted by atomic mass is 10.2. The van der Waals surface area contributed by atoms with Gasteiger partial charge in [0.2, 0.25) is 0 Å². The number of urea groups is 1. The van der Waals surface area contributed by atoms with Gasteiger partial charge >= 0.3 is 6.03 Å². The van der Waals surface area contributed by atoms with Crippen LogP contribution in [0.25, 0.3) is 0 Å². The fraction of sp³-hybridized carbons (Fsp3) is 0.174. The molecule has 0 saturated carbocycles. The first-order valence-corrected chi connectivity index (χ1v) is 11.3. The van der Waals surface area contributed by atoms with Gasteiger partial charge in [-0.3, -0.25) is 4.90 Å². The highest BCUT2D eigenvalue weighted by atomic mass is 35.5. The molecule has 0 atom stereocenters. The maximum absolute atomic E-state index is 13.6. The van der Waals surface area contributed by atoms with Crippen molar-refractivity contribution in [2.45, 2.75) is 9.79 Å². The Bertz CT molecular complexity index is 1070. The molecule has 0 bridgehead atoms. The minimum atomic E-state index is 0.00652. The monoisotopic (exact) mass is 455 g/mol. The highest BCUT2D eigenvalue weighted by Crippen LogP contribution is 2.48. The molecule has 0 radical (unpaired) electrons. The van der Waals surface area contributed by atoms with Gasteiger partial charge in [0.25, 0.3) is 0 Å². The summed E-state index contributed by atoms with van der Waals surface area (Å²) in [5.74, 6) is 0. The quantitative estimate of drug-likeness (QED) is 0.416. The van der Waals surface area contributed by atoms with Crippen LogP contribution in [0.1, 0.15) is 0 Å². The second-order valence-electron chi connectivity index (χ2n) is 7.20. The van der Waals surface area contributed by atoms with E-state index in [9.17, 15) is 4.79 Å². The molecule has 152 valence electrons. The lowest BCUT2D eigenvalue weighted by Crippen LogP contribution is -2.52. The molecule has 2 aliphatic rings. The molecule has 5 rings (SSSR count). The molecule has 4 nitrogen and oxygen atoms in total. The topological polar surface area (TPSA) is 26.8 Å². The Labute approximate surface area is 190 Å². The van der Waals surface area contributed by atoms with Crippen molar-refractivity contribution < 1.29 is 4.79 Å². The number of rotatable bonds is 1. The minimum Gasteiger partial charge on any atom is -0.367 e. The lowest BCUT2D eigenvalue weighted by molar-refractivity contribution is 0.203. The summed E-state index contributed by atoms with van der Waals surface area (Å²) in [6, 6.07) is 21.8. The molecular weight excluding hydrogens is 437 g/mol. The SMILES string of the molecule is O=C(N1CCN(c2cccc(Cl)c2Cl)CC1)N1c2ccccc2Sc2ccccc21. The number of benzene rings is 3. The van der Waals surface area contributed by atoms with Crippen molar-refractivity contribution in [1.29, 1.82) is 0 Å². The molecule has 2 amide bonds. The van der Waals surface area contributed by atoms with Gasteiger partial charge in [0.05, 0.1) is 27.1 Å². The van der Waals surface area contributed by atoms with Gasteiger partial charge in [-0.1, -0.05) is 65.3 Å². The average Bonchev–Trinajstić information content (AvgIpc) is 2.79. The van der Waals surface area contributed by atoms with Crippen LogP contribution in [0.15, 0.2) is 76.5 Å². The predicted octanol–water partition coefficient (Wildman–Crippen LogP) is 6.54. The molecule has 0 aromatic heterocycles. The first-order chi connectivity index (χ1) is 14.6. The zero-order valence-corrected chi connectivity index (χ0v) is 18.4. The van der Waals surface area contributed by atoms with E-state index >= 15 is 0 Å². The van der Waals surface area contributed by atoms with E-state index in [-0.39, 0.29) is 6.03 Å². The number of anilines is 3. The Morgan fingerprint density at radius 2 is 1.30 bits per heavy atom. The van der Waals surface area contributed by atoms with Gasteiger partial charge in [0.15, 0.2) is 0 Å². The lowest BCUT2D eigenvalue weighted by Gasteiger charge is -2.40. The number of amides is 2. The number of hydrogen-bond donors (Lipinski definition) is 0. The molecule has 0 N–H and O–H groups in total. The molecule has 1 saturated heterocycles. The van der Waals surface area contributed by atoms with Gasteiger partial charge in [0, 0.05) is 36.0 Å². The highest BCUT2D eigenvalue weighted by Gasteiger charge is 2.32. The van der Waals surface area contributed by atoms with Gasteiger partial charge in [-0.25, -0.2) is 4.79 Å². The summed E-state index contributed by atoms with van der Waals surface area (Å²) in [5, 5.41) is 1.11. The van der Waals surface area contributed by atoms with Crippen molar-refractivity contribution in [3.63, 3.8) is 0 Å². The van der Waals surface area contributed by atoms with Gasteiger partial charge in [-0.15, -0.1) is 0 Å². The van der Waals surface area contributed by atoms with Crippen LogP contribution in [0.5, 0.6) is 0 Å². The molecule has 2 aliphatic heterocycles. The summed E-state index contributed by atoms with van der Waals surface area (Å²) in [6.45, 7) is 2.65. The van der Waals surface area contributed by atoms with E-state index in [1.54, 1.807) is 17.8 Å². The fourth-order valence-corrected chi connectivity index (χ4v) is 5.40. The minimum absolute atomic E-state index is 0.00652. The first-order valence-electron chi connectivity index (χ1n) is 9.77. The van der Waals surface area contributed by atoms with Crippen LogP contribution in [-0.4, -0.2) is 37.1 Å². The number of halogens is 2. The van der Waals surface area contributed by atoms with Crippen LogP contribution in [0.3, 0.4) is 0 Å². The average molecular weight is 456 g/mol. The number of nitrogens with zero attached hydrogens (tertiary/aromatic N) is 3. The van der Waals surface area contributed by atoms with E-state index in [0.717, 1.165) is 26.9 Å². The maximum atomic E-state index is 13.6. The molecular formula is C23H19Cl2N3OS. The van der Waals surface area contributed by atoms with Crippen LogP contribution >= 0.6 is 35.0 Å². The first kappa shape index (κ1) is 19.6. The fourth-order valence-electron chi connectivity index (χ4n) is 3.93. The van der Waals surface area contributed by atoms with E-state index in [2.05, 4.69) is 17.0 Å². The van der Waals surface area contributed by atoms with E-state index in [0.29, 0.717) is 36.2 Å². The van der Waals surface area contributed by atoms with Crippen molar-refractivity contribution in [3.05, 3.63) is 76.8 Å². The Morgan fingerprint density at radius 1 is 0.733 bits per heavy atom. The second-order valence-corrected chi connectivity index (χ2v) is 9.07.